The first-order chi connectivity index (χ1) is 63.0. The second-order valence-corrected chi connectivity index (χ2v) is 31.6. The van der Waals surface area contributed by atoms with E-state index in [0.29, 0.717) is 36.0 Å². The third-order valence-corrected chi connectivity index (χ3v) is 19.7. The second-order valence-electron chi connectivity index (χ2n) is 31.6. The van der Waals surface area contributed by atoms with E-state index in [1.54, 1.807) is 67.6 Å². The number of amides is 13. The largest absolute Gasteiger partial charge is 0.482 e. The molecule has 1 saturated heterocycles. The minimum Gasteiger partial charge on any atom is -0.426 e. The molecule has 48 heteroatoms. The lowest BCUT2D eigenvalue weighted by molar-refractivity contribution is -0.123. The number of benzene rings is 7. The van der Waals surface area contributed by atoms with Crippen LogP contribution in [0.1, 0.15) is 181 Å². The van der Waals surface area contributed by atoms with Crippen molar-refractivity contribution in [2.24, 2.45) is 34.4 Å². The van der Waals surface area contributed by atoms with Gasteiger partial charge in [0.2, 0.25) is 59.1 Å². The molecule has 0 bridgehead atoms. The fourth-order valence-electron chi connectivity index (χ4n) is 12.0. The Bertz CT molecular complexity index is 4830. The predicted molar refractivity (Wildman–Crippen MR) is 503 cm³/mol. The molecule has 0 spiro atoms. The van der Waals surface area contributed by atoms with Crippen molar-refractivity contribution >= 4 is 143 Å². The van der Waals surface area contributed by atoms with Crippen LogP contribution in [0.2, 0.25) is 0 Å². The van der Waals surface area contributed by atoms with E-state index in [1.165, 1.54) is 12.5 Å². The van der Waals surface area contributed by atoms with Gasteiger partial charge >= 0.3 is 49.8 Å². The number of primary amides is 6. The first-order valence-electron chi connectivity index (χ1n) is 42.6. The van der Waals surface area contributed by atoms with Gasteiger partial charge in [-0.15, -0.1) is 0 Å². The van der Waals surface area contributed by atoms with Gasteiger partial charge in [-0.1, -0.05) is 166 Å². The van der Waals surface area contributed by atoms with Gasteiger partial charge in [0.1, 0.15) is 5.78 Å². The maximum atomic E-state index is 12.3. The van der Waals surface area contributed by atoms with Crippen molar-refractivity contribution in [3.63, 3.8) is 0 Å². The van der Waals surface area contributed by atoms with Gasteiger partial charge in [-0.3, -0.25) is 67.1 Å². The summed E-state index contributed by atoms with van der Waals surface area (Å²) in [5, 5.41) is 127. The molecule has 13 amide bonds. The molecule has 7 atom stereocenters. The Hall–Kier alpha value is -12.5. The molecule has 7 aromatic carbocycles. The van der Waals surface area contributed by atoms with Crippen LogP contribution in [0.4, 0.5) is 0 Å². The molecule has 41 nitrogen and oxygen atoms in total. The number of nitrogens with two attached hydrogens (primary N) is 6. The number of carbonyl (C=O) groups is 14. The summed E-state index contributed by atoms with van der Waals surface area (Å²) in [7, 11) is -11.5. The van der Waals surface area contributed by atoms with Crippen LogP contribution in [0.3, 0.4) is 0 Å². The number of ketones is 1. The molecule has 0 saturated carbocycles. The molecule has 8 rings (SSSR count). The highest BCUT2D eigenvalue weighted by atomic mass is 16.7. The van der Waals surface area contributed by atoms with Crippen molar-refractivity contribution in [2.45, 2.75) is 204 Å². The lowest BCUT2D eigenvalue weighted by Crippen LogP contribution is -2.50. The number of rotatable bonds is 43. The van der Waals surface area contributed by atoms with Crippen LogP contribution in [-0.2, 0) is 74.9 Å². The van der Waals surface area contributed by atoms with E-state index in [-0.39, 0.29) is 93.6 Å². The van der Waals surface area contributed by atoms with Gasteiger partial charge in [0.05, 0.1) is 52.8 Å². The van der Waals surface area contributed by atoms with Crippen LogP contribution in [-0.4, -0.2) is 245 Å². The molecule has 0 unspecified atom stereocenters. The van der Waals surface area contributed by atoms with Crippen LogP contribution < -0.4 is 71.6 Å². The maximum absolute atomic E-state index is 12.3. The Morgan fingerprint density at radius 2 is 0.619 bits per heavy atom. The molecule has 0 aliphatic carbocycles. The Kier molecular flexibility index (Phi) is 54.4. The average molecular weight is 1860 g/mol. The zero-order chi connectivity index (χ0) is 101. The summed E-state index contributed by atoms with van der Waals surface area (Å²) in [6, 6.07) is 57.3. The zero-order valence-corrected chi connectivity index (χ0v) is 75.7. The number of carbonyl (C=O) groups excluding carboxylic acids is 14. The molecular weight excluding hydrogens is 1740 g/mol. The first-order valence-corrected chi connectivity index (χ1v) is 42.6. The van der Waals surface area contributed by atoms with Gasteiger partial charge in [0.15, 0.2) is 0 Å². The average Bonchev–Trinajstić information content (AvgIpc) is 1.63. The second kappa shape index (κ2) is 62.1. The van der Waals surface area contributed by atoms with Crippen LogP contribution in [0.15, 0.2) is 188 Å². The van der Waals surface area contributed by atoms with Gasteiger partial charge in [0.25, 0.3) is 17.7 Å². The Morgan fingerprint density at radius 1 is 0.328 bits per heavy atom. The minimum atomic E-state index is -1.86. The molecule has 1 aliphatic rings. The number of fused-ring (bicyclic) bond motifs is 1. The molecule has 1 heterocycles. The Labute approximate surface area is 778 Å². The SMILES string of the molecule is CC(=O)C[C@@H](NC(=O)c1ccc(-c2ccccc2)cc1)B(O)O.CC1(C)OB([C@H](CC(N)=O)NC(=O)CCCc2ccccc2)OC1(C)C.CCC(=O)N[C@H](CC(N)=O)B(O)O.CCCC(=O)N[C@H](CC(N)=O)B(O)O.NC(=O)C[C@@H](NC(=O)CCCc1ccccc1)B(O)O.NC(=O)C[C@@H](NC(=O)c1ccc2ccccc2c1)B(O)O.NC(=O)C[C@@H](NC(=O)c1ccccc1)B(O)O. The molecule has 1 aliphatic heterocycles. The van der Waals surface area contributed by atoms with Gasteiger partial charge in [-0.25, -0.2) is 0 Å². The van der Waals surface area contributed by atoms with Crippen molar-refractivity contribution in [3.05, 3.63) is 216 Å². The Balaban J connectivity index is 0.000000535. The monoisotopic (exact) mass is 1860 g/mol. The standard InChI is InChI=1S/C19H29BN2O4.C17H18BNO4.C14H15BN2O4.C13H19BN2O4.C10H13BN2O4.C7H15BN2O4.C6H13BN2O4/c1-18(2)19(3,4)26-20(25-18)15(13-16(21)23)22-17(24)12-8-11-14-9-6-5-7-10-14;1-12(20)11-16(18(22)23)19-17(21)15-9-7-14(8-10-15)13-5-3-2-4-6-13;16-13(18)8-12(15(20)21)17-14(19)11-6-5-9-3-1-2-4-10(9)7-11;15-12(17)9-11(14(19)20)16-13(18)8-4-7-10-5-2-1-3-6-10;12-9(14)6-8(11(16)17)13-10(15)7-4-2-1-3-5-7;1-2-3-7(12)10-5(8(13)14)4-6(9)11;1-2-6(11)9-4(7(12)13)3-5(8)10/h5-7,9-10,15H,8,11-13H2,1-4H3,(H2,21,23)(H,22,24);2-10,16,22-23H,11H2,1H3,(H,19,21);1-7,12,20-21H,8H2,(H2,16,18)(H,17,19);1-3,5-6,11,19-20H,4,7-9H2,(H2,15,17)(H,16,18);1-5,8,16-17H,6H2,(H2,12,14)(H,13,15);5,13-14H,2-4H2,1H3,(H2,9,11)(H,10,12);4,12-13H,2-3H2,1H3,(H2,8,10)(H,9,11)/t15-;16-;12-;11-;8-;5-;4-/m0111111/s1. The molecule has 31 N–H and O–H groups in total. The fraction of sp³-hybridized carbons (Fsp3) is 0.372. The maximum Gasteiger partial charge on any atom is 0.482 e. The normalized spacial score (nSPS) is 13.2. The smallest absolute Gasteiger partial charge is 0.426 e. The van der Waals surface area contributed by atoms with Gasteiger partial charge in [-0.05, 0) is 136 Å². The van der Waals surface area contributed by atoms with Crippen LogP contribution in [0, 0.1) is 0 Å². The van der Waals surface area contributed by atoms with Crippen LogP contribution in [0.5, 0.6) is 0 Å². The van der Waals surface area contributed by atoms with Crippen molar-refractivity contribution in [1.82, 2.24) is 37.2 Å². The molecule has 7 aromatic rings. The predicted octanol–water partition coefficient (Wildman–Crippen LogP) is -2.75. The van der Waals surface area contributed by atoms with Crippen molar-refractivity contribution in [3.8, 4) is 11.1 Å². The minimum absolute atomic E-state index is 0.0265. The van der Waals surface area contributed by atoms with E-state index in [4.69, 9.17) is 94.0 Å². The van der Waals surface area contributed by atoms with E-state index in [0.717, 1.165) is 46.7 Å². The number of hydrogen-bond acceptors (Lipinski definition) is 28. The highest BCUT2D eigenvalue weighted by Gasteiger charge is 2.54. The van der Waals surface area contributed by atoms with Gasteiger partial charge < -0.3 is 141 Å². The van der Waals surface area contributed by atoms with Gasteiger partial charge in [0, 0.05) is 87.3 Å². The quantitative estimate of drug-likeness (QED) is 0.0172. The van der Waals surface area contributed by atoms with Gasteiger partial charge in [-0.2, -0.15) is 0 Å². The number of nitrogens with one attached hydrogen (secondary N) is 7. The van der Waals surface area contributed by atoms with Crippen molar-refractivity contribution in [2.75, 3.05) is 0 Å². The third kappa shape index (κ3) is 48.7. The number of Topliss-reactive ketones (excluding diaryl/α,β-unsaturated/α-hetero) is 1. The molecule has 720 valence electrons. The summed E-state index contributed by atoms with van der Waals surface area (Å²) >= 11 is 0. The third-order valence-electron chi connectivity index (χ3n) is 19.7. The first kappa shape index (κ1) is 118. The number of aryl methyl sites for hydroxylation is 2. The Morgan fingerprint density at radius 3 is 0.970 bits per heavy atom. The van der Waals surface area contributed by atoms with E-state index >= 15 is 0 Å². The highest BCUT2D eigenvalue weighted by molar-refractivity contribution is 6.49. The van der Waals surface area contributed by atoms with Crippen LogP contribution >= 0.6 is 0 Å². The lowest BCUT2D eigenvalue weighted by Gasteiger charge is -2.32. The summed E-state index contributed by atoms with van der Waals surface area (Å²) in [6.07, 6.45) is 2.98. The van der Waals surface area contributed by atoms with E-state index in [1.807, 2.05) is 162 Å². The van der Waals surface area contributed by atoms with Crippen molar-refractivity contribution in [1.29, 1.82) is 0 Å². The summed E-state index contributed by atoms with van der Waals surface area (Å²) in [5.41, 5.74) is 34.4. The summed E-state index contributed by atoms with van der Waals surface area (Å²) < 4.78 is 11.9. The van der Waals surface area contributed by atoms with E-state index in [2.05, 4.69) is 37.2 Å². The number of hydrogen-bond donors (Lipinski definition) is 25. The molecule has 0 radical (unpaired) electrons. The molecular formula is C86H122B7N13O28. The van der Waals surface area contributed by atoms with E-state index in [9.17, 15) is 77.2 Å². The lowest BCUT2D eigenvalue weighted by atomic mass is 9.76. The molecule has 134 heavy (non-hydrogen) atoms. The topological polar surface area (TPSA) is 741 Å². The van der Waals surface area contributed by atoms with Crippen LogP contribution in [0.25, 0.3) is 21.9 Å². The molecule has 1 fully saturated rings. The van der Waals surface area contributed by atoms with Crippen molar-refractivity contribution < 1.29 is 137 Å². The summed E-state index contributed by atoms with van der Waals surface area (Å²) in [5.74, 6) is -13.9. The highest BCUT2D eigenvalue weighted by Crippen LogP contribution is 2.38. The van der Waals surface area contributed by atoms with E-state index < -0.39 is 156 Å². The fourth-order valence-corrected chi connectivity index (χ4v) is 12.0. The molecule has 0 aromatic heterocycles. The summed E-state index contributed by atoms with van der Waals surface area (Å²) in [4.78, 5) is 157. The summed E-state index contributed by atoms with van der Waals surface area (Å²) in [6.45, 7) is 12.5. The zero-order valence-electron chi connectivity index (χ0n) is 75.7.